The summed E-state index contributed by atoms with van der Waals surface area (Å²) < 4.78 is 15.4. The highest BCUT2D eigenvalue weighted by Crippen LogP contribution is 2.31. The van der Waals surface area contributed by atoms with Gasteiger partial charge in [-0.25, -0.2) is 4.79 Å². The first-order valence-electron chi connectivity index (χ1n) is 7.76. The van der Waals surface area contributed by atoms with E-state index < -0.39 is 18.5 Å². The Morgan fingerprint density at radius 1 is 1.04 bits per heavy atom. The number of carbonyl (C=O) groups is 2. The van der Waals surface area contributed by atoms with Crippen molar-refractivity contribution in [2.45, 2.75) is 0 Å². The average Bonchev–Trinajstić information content (AvgIpc) is 2.67. The molecule has 0 aliphatic carbocycles. The molecule has 0 aliphatic rings. The zero-order chi connectivity index (χ0) is 19.8. The van der Waals surface area contributed by atoms with Gasteiger partial charge in [-0.1, -0.05) is 41.4 Å². The molecule has 0 aromatic heterocycles. The van der Waals surface area contributed by atoms with Gasteiger partial charge in [0.25, 0.3) is 5.91 Å². The Balaban J connectivity index is 1.95. The molecule has 6 nitrogen and oxygen atoms in total. The SMILES string of the molecule is COc1cccc(/C=C/C(=O)OCC(=O)Nc2c(Cl)cccc2Cl)c1OC. The second-order valence-corrected chi connectivity index (χ2v) is 5.98. The fourth-order valence-electron chi connectivity index (χ4n) is 2.18. The minimum atomic E-state index is -0.694. The molecule has 0 bridgehead atoms. The molecular weight excluding hydrogens is 393 g/mol. The van der Waals surface area contributed by atoms with Gasteiger partial charge in [-0.3, -0.25) is 4.79 Å². The van der Waals surface area contributed by atoms with Gasteiger partial charge in [0, 0.05) is 11.6 Å². The van der Waals surface area contributed by atoms with Gasteiger partial charge in [0.1, 0.15) is 0 Å². The topological polar surface area (TPSA) is 73.9 Å². The molecule has 0 radical (unpaired) electrons. The van der Waals surface area contributed by atoms with Crippen LogP contribution in [0.4, 0.5) is 5.69 Å². The molecule has 2 aromatic carbocycles. The lowest BCUT2D eigenvalue weighted by atomic mass is 10.1. The molecule has 0 heterocycles. The minimum absolute atomic E-state index is 0.263. The summed E-state index contributed by atoms with van der Waals surface area (Å²) in [5, 5.41) is 3.07. The quantitative estimate of drug-likeness (QED) is 0.547. The first kappa shape index (κ1) is 20.6. The zero-order valence-corrected chi connectivity index (χ0v) is 16.1. The van der Waals surface area contributed by atoms with E-state index >= 15 is 0 Å². The maximum Gasteiger partial charge on any atom is 0.331 e. The smallest absolute Gasteiger partial charge is 0.331 e. The molecule has 2 rings (SSSR count). The van der Waals surface area contributed by atoms with Gasteiger partial charge >= 0.3 is 5.97 Å². The van der Waals surface area contributed by atoms with E-state index in [2.05, 4.69) is 5.32 Å². The van der Waals surface area contributed by atoms with Crippen LogP contribution in [0, 0.1) is 0 Å². The van der Waals surface area contributed by atoms with Crippen LogP contribution in [0.15, 0.2) is 42.5 Å². The number of amides is 1. The standard InChI is InChI=1S/C19H17Cl2NO5/c1-25-15-8-3-5-12(19(15)26-2)9-10-17(24)27-11-16(23)22-18-13(20)6-4-7-14(18)21/h3-10H,11H2,1-2H3,(H,22,23)/b10-9+. The number of ether oxygens (including phenoxy) is 3. The molecule has 0 aliphatic heterocycles. The van der Waals surface area contributed by atoms with Gasteiger partial charge < -0.3 is 19.5 Å². The summed E-state index contributed by atoms with van der Waals surface area (Å²) in [7, 11) is 3.02. The molecule has 27 heavy (non-hydrogen) atoms. The van der Waals surface area contributed by atoms with Gasteiger partial charge in [-0.05, 0) is 24.3 Å². The lowest BCUT2D eigenvalue weighted by Crippen LogP contribution is -2.20. The summed E-state index contributed by atoms with van der Waals surface area (Å²) in [5.74, 6) is -0.245. The molecule has 142 valence electrons. The zero-order valence-electron chi connectivity index (χ0n) is 14.6. The van der Waals surface area contributed by atoms with Gasteiger partial charge in [0.05, 0.1) is 30.0 Å². The predicted molar refractivity (Wildman–Crippen MR) is 105 cm³/mol. The van der Waals surface area contributed by atoms with Gasteiger partial charge in [0.2, 0.25) is 0 Å². The number of carbonyl (C=O) groups excluding carboxylic acids is 2. The second kappa shape index (κ2) is 9.85. The Labute approximate surface area is 166 Å². The highest BCUT2D eigenvalue weighted by atomic mass is 35.5. The minimum Gasteiger partial charge on any atom is -0.493 e. The molecule has 2 aromatic rings. The van der Waals surface area contributed by atoms with Crippen molar-refractivity contribution in [2.24, 2.45) is 0 Å². The number of anilines is 1. The van der Waals surface area contributed by atoms with E-state index in [1.165, 1.54) is 26.4 Å². The van der Waals surface area contributed by atoms with E-state index in [-0.39, 0.29) is 15.7 Å². The summed E-state index contributed by atoms with van der Waals surface area (Å²) in [6, 6.07) is 10.1. The van der Waals surface area contributed by atoms with Crippen LogP contribution >= 0.6 is 23.2 Å². The Morgan fingerprint density at radius 2 is 1.70 bits per heavy atom. The maximum absolute atomic E-state index is 11.9. The summed E-state index contributed by atoms with van der Waals surface area (Å²) in [6.45, 7) is -0.486. The number of hydrogen-bond acceptors (Lipinski definition) is 5. The van der Waals surface area contributed by atoms with E-state index in [0.29, 0.717) is 17.1 Å². The van der Waals surface area contributed by atoms with Crippen LogP contribution in [0.5, 0.6) is 11.5 Å². The van der Waals surface area contributed by atoms with E-state index in [1.807, 2.05) is 0 Å². The fourth-order valence-corrected chi connectivity index (χ4v) is 2.67. The van der Waals surface area contributed by atoms with E-state index in [0.717, 1.165) is 0 Å². The summed E-state index contributed by atoms with van der Waals surface area (Å²) in [6.07, 6.45) is 2.69. The Bertz CT molecular complexity index is 847. The molecule has 1 amide bonds. The van der Waals surface area contributed by atoms with Crippen LogP contribution in [-0.2, 0) is 14.3 Å². The van der Waals surface area contributed by atoms with E-state index in [9.17, 15) is 9.59 Å². The van der Waals surface area contributed by atoms with Crippen molar-refractivity contribution >= 4 is 46.8 Å². The molecule has 0 spiro atoms. The first-order valence-corrected chi connectivity index (χ1v) is 8.51. The van der Waals surface area contributed by atoms with Crippen LogP contribution in [-0.4, -0.2) is 32.7 Å². The number of rotatable bonds is 7. The Morgan fingerprint density at radius 3 is 2.33 bits per heavy atom. The molecule has 0 unspecified atom stereocenters. The molecular formula is C19H17Cl2NO5. The number of methoxy groups -OCH3 is 2. The van der Waals surface area contributed by atoms with Crippen LogP contribution < -0.4 is 14.8 Å². The number of esters is 1. The van der Waals surface area contributed by atoms with Crippen LogP contribution in [0.25, 0.3) is 6.08 Å². The first-order chi connectivity index (χ1) is 13.0. The lowest BCUT2D eigenvalue weighted by molar-refractivity contribution is -0.142. The van der Waals surface area contributed by atoms with Gasteiger partial charge in [-0.2, -0.15) is 0 Å². The number of hydrogen-bond donors (Lipinski definition) is 1. The highest BCUT2D eigenvalue weighted by Gasteiger charge is 2.11. The molecule has 1 N–H and O–H groups in total. The highest BCUT2D eigenvalue weighted by molar-refractivity contribution is 6.39. The summed E-state index contributed by atoms with van der Waals surface area (Å²) in [4.78, 5) is 23.8. The van der Waals surface area contributed by atoms with Gasteiger partial charge in [0.15, 0.2) is 18.1 Å². The van der Waals surface area contributed by atoms with E-state index in [4.69, 9.17) is 37.4 Å². The number of halogens is 2. The number of benzene rings is 2. The molecule has 0 saturated carbocycles. The number of para-hydroxylation sites is 2. The summed E-state index contributed by atoms with van der Waals surface area (Å²) >= 11 is 11.9. The number of nitrogens with one attached hydrogen (secondary N) is 1. The maximum atomic E-state index is 11.9. The van der Waals surface area contributed by atoms with Crippen molar-refractivity contribution in [3.63, 3.8) is 0 Å². The van der Waals surface area contributed by atoms with Crippen molar-refractivity contribution < 1.29 is 23.8 Å². The monoisotopic (exact) mass is 409 g/mol. The lowest BCUT2D eigenvalue weighted by Gasteiger charge is -2.10. The fraction of sp³-hybridized carbons (Fsp3) is 0.158. The Hall–Kier alpha value is -2.70. The third-order valence-corrected chi connectivity index (χ3v) is 4.04. The molecule has 0 atom stereocenters. The third-order valence-electron chi connectivity index (χ3n) is 3.41. The van der Waals surface area contributed by atoms with Crippen LogP contribution in [0.2, 0.25) is 10.0 Å². The largest absolute Gasteiger partial charge is 0.493 e. The van der Waals surface area contributed by atoms with Crippen molar-refractivity contribution in [1.82, 2.24) is 0 Å². The normalized spacial score (nSPS) is 10.5. The van der Waals surface area contributed by atoms with Crippen molar-refractivity contribution in [3.05, 3.63) is 58.1 Å². The van der Waals surface area contributed by atoms with E-state index in [1.54, 1.807) is 36.4 Å². The van der Waals surface area contributed by atoms with Crippen LogP contribution in [0.3, 0.4) is 0 Å². The third kappa shape index (κ3) is 5.64. The van der Waals surface area contributed by atoms with Crippen molar-refractivity contribution in [3.8, 4) is 11.5 Å². The second-order valence-electron chi connectivity index (χ2n) is 5.17. The predicted octanol–water partition coefficient (Wildman–Crippen LogP) is 4.21. The Kier molecular flexibility index (Phi) is 7.52. The average molecular weight is 410 g/mol. The van der Waals surface area contributed by atoms with Crippen molar-refractivity contribution in [2.75, 3.05) is 26.1 Å². The molecule has 0 fully saturated rings. The molecule has 8 heteroatoms. The van der Waals surface area contributed by atoms with Crippen molar-refractivity contribution in [1.29, 1.82) is 0 Å². The summed E-state index contributed by atoms with van der Waals surface area (Å²) in [5.41, 5.74) is 0.889. The van der Waals surface area contributed by atoms with Gasteiger partial charge in [-0.15, -0.1) is 0 Å². The molecule has 0 saturated heterocycles. The van der Waals surface area contributed by atoms with Crippen LogP contribution in [0.1, 0.15) is 5.56 Å².